The van der Waals surface area contributed by atoms with Gasteiger partial charge in [-0.3, -0.25) is 9.97 Å². The number of anilines is 1. The molecule has 3 aliphatic heterocycles. The molecule has 0 saturated carbocycles. The van der Waals surface area contributed by atoms with E-state index in [1.165, 1.54) is 17.7 Å². The summed E-state index contributed by atoms with van der Waals surface area (Å²) in [5, 5.41) is 7.74. The number of benzene rings is 1. The minimum Gasteiger partial charge on any atom is -0.390 e. The quantitative estimate of drug-likeness (QED) is 0.193. The number of nitrogens with one attached hydrogen (secondary N) is 5. The van der Waals surface area contributed by atoms with Crippen LogP contribution in [-0.2, 0) is 6.42 Å². The van der Waals surface area contributed by atoms with E-state index >= 15 is 0 Å². The second-order valence-corrected chi connectivity index (χ2v) is 9.92. The summed E-state index contributed by atoms with van der Waals surface area (Å²) in [7, 11) is 0. The predicted molar refractivity (Wildman–Crippen MR) is 153 cm³/mol. The lowest BCUT2D eigenvalue weighted by atomic mass is 9.97. The van der Waals surface area contributed by atoms with Crippen molar-refractivity contribution in [2.45, 2.75) is 26.3 Å². The molecule has 2 aromatic heterocycles. The summed E-state index contributed by atoms with van der Waals surface area (Å²) in [5.41, 5.74) is 9.69. The normalized spacial score (nSPS) is 12.9. The number of nitrogens with zero attached hydrogens (tertiary/aromatic N) is 2. The molecule has 39 heavy (non-hydrogen) atoms. The van der Waals surface area contributed by atoms with Crippen molar-refractivity contribution in [1.82, 2.24) is 30.2 Å². The molecule has 0 saturated heterocycles. The Morgan fingerprint density at radius 3 is 2.67 bits per heavy atom. The molecule has 0 bridgehead atoms. The first-order valence-electron chi connectivity index (χ1n) is 13.1. The van der Waals surface area contributed by atoms with Crippen LogP contribution in [0.3, 0.4) is 0 Å². The van der Waals surface area contributed by atoms with Crippen LogP contribution in [0.4, 0.5) is 10.1 Å². The molecule has 0 atom stereocenters. The van der Waals surface area contributed by atoms with E-state index in [0.29, 0.717) is 6.04 Å². The molecule has 5 heterocycles. The highest BCUT2D eigenvalue weighted by atomic mass is 19.1. The van der Waals surface area contributed by atoms with Gasteiger partial charge >= 0.3 is 0 Å². The monoisotopic (exact) mass is 519 g/mol. The first kappa shape index (κ1) is 24.5. The van der Waals surface area contributed by atoms with Crippen molar-refractivity contribution in [2.75, 3.05) is 11.9 Å². The van der Waals surface area contributed by atoms with Crippen LogP contribution in [-0.4, -0.2) is 37.5 Å². The Balaban J connectivity index is 1.46. The second kappa shape index (κ2) is 10.5. The molecule has 0 amide bonds. The van der Waals surface area contributed by atoms with E-state index in [2.05, 4.69) is 62.7 Å². The number of pyridine rings is 2. The average molecular weight is 520 g/mol. The Kier molecular flexibility index (Phi) is 6.59. The maximum absolute atomic E-state index is 13.6. The molecule has 0 aliphatic carbocycles. The number of H-pyrrole nitrogens is 3. The molecular weight excluding hydrogens is 489 g/mol. The van der Waals surface area contributed by atoms with Crippen LogP contribution in [0, 0.1) is 16.6 Å². The molecule has 0 radical (unpaired) electrons. The predicted octanol–water partition coefficient (Wildman–Crippen LogP) is 6.14. The molecule has 1 aromatic carbocycles. The number of aromatic amines is 3. The average Bonchev–Trinajstić information content (AvgIpc) is 3.29. The SMILES string of the molecule is CC(C)Nc1cncc(-c2cc3c(cn2)CCNC=C3c2c[nH]c3c(-c4ccc(F)cc4)ccc[nH]c=3[nH]2)c1. The molecule has 7 nitrogen and oxygen atoms in total. The van der Waals surface area contributed by atoms with E-state index in [9.17, 15) is 4.39 Å². The standard InChI is InChI=1S/C31H30FN7/c1-19(2)38-24-12-22(14-34-16-24)28-13-26-21(15-36-28)9-11-33-17-27(26)29-18-37-30-25(4-3-10-35-31(30)39-29)20-5-7-23(32)8-6-20/h3-8,10,12-19,33,35,37-39H,9,11H2,1-2H3. The van der Waals surface area contributed by atoms with Crippen LogP contribution in [0.25, 0.3) is 28.0 Å². The van der Waals surface area contributed by atoms with E-state index in [4.69, 9.17) is 4.98 Å². The van der Waals surface area contributed by atoms with E-state index in [1.807, 2.05) is 43.1 Å². The van der Waals surface area contributed by atoms with E-state index in [0.717, 1.165) is 68.7 Å². The molecule has 3 aliphatic rings. The summed E-state index contributed by atoms with van der Waals surface area (Å²) < 4.78 is 13.6. The van der Waals surface area contributed by atoms with Crippen molar-refractivity contribution < 1.29 is 4.39 Å². The summed E-state index contributed by atoms with van der Waals surface area (Å²) in [6, 6.07) is 15.0. The summed E-state index contributed by atoms with van der Waals surface area (Å²) in [4.78, 5) is 19.6. The van der Waals surface area contributed by atoms with Crippen molar-refractivity contribution in [3.63, 3.8) is 0 Å². The summed E-state index contributed by atoms with van der Waals surface area (Å²) in [5.74, 6) is -0.258. The maximum atomic E-state index is 13.6. The van der Waals surface area contributed by atoms with Gasteiger partial charge in [0.1, 0.15) is 11.3 Å². The largest absolute Gasteiger partial charge is 0.390 e. The van der Waals surface area contributed by atoms with Gasteiger partial charge in [0.2, 0.25) is 0 Å². The van der Waals surface area contributed by atoms with Gasteiger partial charge in [0.05, 0.1) is 22.4 Å². The van der Waals surface area contributed by atoms with Gasteiger partial charge in [-0.05, 0) is 67.3 Å². The van der Waals surface area contributed by atoms with Crippen molar-refractivity contribution in [1.29, 1.82) is 0 Å². The van der Waals surface area contributed by atoms with Gasteiger partial charge in [-0.2, -0.15) is 0 Å². The zero-order valence-electron chi connectivity index (χ0n) is 21.8. The van der Waals surface area contributed by atoms with Crippen LogP contribution in [0.1, 0.15) is 30.7 Å². The Labute approximate surface area is 225 Å². The zero-order chi connectivity index (χ0) is 26.8. The molecule has 0 spiro atoms. The van der Waals surface area contributed by atoms with Gasteiger partial charge in [0, 0.05) is 66.5 Å². The van der Waals surface area contributed by atoms with Gasteiger partial charge in [-0.15, -0.1) is 0 Å². The fraction of sp³-hybridized carbons (Fsp3) is 0.161. The Hall–Kier alpha value is -4.85. The fourth-order valence-corrected chi connectivity index (χ4v) is 4.91. The van der Waals surface area contributed by atoms with Crippen molar-refractivity contribution in [3.8, 4) is 22.4 Å². The van der Waals surface area contributed by atoms with Gasteiger partial charge < -0.3 is 25.6 Å². The molecule has 196 valence electrons. The third-order valence-electron chi connectivity index (χ3n) is 6.72. The molecule has 3 aromatic rings. The highest BCUT2D eigenvalue weighted by Crippen LogP contribution is 2.30. The van der Waals surface area contributed by atoms with Crippen LogP contribution in [0.5, 0.6) is 0 Å². The topological polar surface area (TPSA) is 97.2 Å². The van der Waals surface area contributed by atoms with Crippen LogP contribution >= 0.6 is 0 Å². The van der Waals surface area contributed by atoms with Gasteiger partial charge in [-0.1, -0.05) is 18.2 Å². The fourth-order valence-electron chi connectivity index (χ4n) is 4.91. The smallest absolute Gasteiger partial charge is 0.132 e. The maximum Gasteiger partial charge on any atom is 0.132 e. The summed E-state index contributed by atoms with van der Waals surface area (Å²) >= 11 is 0. The Bertz CT molecular complexity index is 1760. The number of fused-ring (bicyclic) bond motifs is 1. The third-order valence-corrected chi connectivity index (χ3v) is 6.72. The number of halogens is 1. The van der Waals surface area contributed by atoms with Gasteiger partial charge in [-0.25, -0.2) is 4.39 Å². The number of hydrogen-bond acceptors (Lipinski definition) is 4. The lowest BCUT2D eigenvalue weighted by Gasteiger charge is -2.14. The molecule has 5 N–H and O–H groups in total. The lowest BCUT2D eigenvalue weighted by Crippen LogP contribution is -2.09. The summed E-state index contributed by atoms with van der Waals surface area (Å²) in [6.07, 6.45) is 12.4. The molecule has 6 rings (SSSR count). The van der Waals surface area contributed by atoms with Gasteiger partial charge in [0.15, 0.2) is 0 Å². The molecular formula is C31H30FN7. The van der Waals surface area contributed by atoms with Crippen LogP contribution < -0.4 is 10.6 Å². The number of aromatic nitrogens is 5. The highest BCUT2D eigenvalue weighted by molar-refractivity contribution is 5.82. The molecule has 8 heteroatoms. The van der Waals surface area contributed by atoms with Crippen molar-refractivity contribution in [3.05, 3.63) is 119 Å². The number of rotatable bonds is 5. The highest BCUT2D eigenvalue weighted by Gasteiger charge is 2.17. The Morgan fingerprint density at radius 2 is 1.82 bits per heavy atom. The zero-order valence-corrected chi connectivity index (χ0v) is 21.8. The van der Waals surface area contributed by atoms with Crippen LogP contribution in [0.2, 0.25) is 0 Å². The minimum absolute atomic E-state index is 0.258. The Morgan fingerprint density at radius 1 is 0.949 bits per heavy atom. The first-order valence-corrected chi connectivity index (χ1v) is 13.1. The van der Waals surface area contributed by atoms with Crippen LogP contribution in [0.15, 0.2) is 85.7 Å². The van der Waals surface area contributed by atoms with Crippen molar-refractivity contribution >= 4 is 11.3 Å². The van der Waals surface area contributed by atoms with E-state index < -0.39 is 0 Å². The number of hydrogen-bond donors (Lipinski definition) is 5. The second-order valence-electron chi connectivity index (χ2n) is 9.92. The summed E-state index contributed by atoms with van der Waals surface area (Å²) in [6.45, 7) is 5.03. The molecule has 0 fully saturated rings. The molecule has 0 unspecified atom stereocenters. The lowest BCUT2D eigenvalue weighted by molar-refractivity contribution is 0.628. The van der Waals surface area contributed by atoms with E-state index in [1.54, 1.807) is 12.1 Å². The first-order chi connectivity index (χ1) is 19.0. The van der Waals surface area contributed by atoms with E-state index in [-0.39, 0.29) is 5.82 Å². The van der Waals surface area contributed by atoms with Gasteiger partial charge in [0.25, 0.3) is 0 Å². The van der Waals surface area contributed by atoms with Crippen molar-refractivity contribution in [2.24, 2.45) is 0 Å². The minimum atomic E-state index is -0.258. The third kappa shape index (κ3) is 5.13.